The van der Waals surface area contributed by atoms with Crippen molar-refractivity contribution in [2.45, 2.75) is 6.36 Å². The number of halogens is 3. The van der Waals surface area contributed by atoms with Crippen molar-refractivity contribution in [2.24, 2.45) is 0 Å². The maximum atomic E-state index is 12.6. The van der Waals surface area contributed by atoms with Crippen LogP contribution in [0, 0.1) is 0 Å². The Bertz CT molecular complexity index is 1170. The molecule has 0 spiro atoms. The van der Waals surface area contributed by atoms with Gasteiger partial charge in [0.25, 0.3) is 0 Å². The van der Waals surface area contributed by atoms with Crippen molar-refractivity contribution in [1.29, 1.82) is 0 Å². The number of alkyl halides is 3. The Morgan fingerprint density at radius 3 is 2.11 bits per heavy atom. The van der Waals surface area contributed by atoms with E-state index < -0.39 is 6.36 Å². The standard InChI is InChI=1S/C24H24F3N5O3/c25-24(26,27)35-18-8-6-17(7-9-18)29-22(33)15-31-11-13-32(14-12-31)16-23(34)30-21-5-1-4-20-19(21)3-2-10-28-20/h1-10H,11-16H2,(H,29,33)(H,30,34). The summed E-state index contributed by atoms with van der Waals surface area (Å²) >= 11 is 0. The lowest BCUT2D eigenvalue weighted by atomic mass is 10.2. The minimum atomic E-state index is -4.76. The van der Waals surface area contributed by atoms with Gasteiger partial charge in [-0.25, -0.2) is 0 Å². The van der Waals surface area contributed by atoms with Crippen LogP contribution in [-0.4, -0.2) is 72.2 Å². The molecule has 184 valence electrons. The summed E-state index contributed by atoms with van der Waals surface area (Å²) in [5.41, 5.74) is 1.90. The number of aromatic nitrogens is 1. The summed E-state index contributed by atoms with van der Waals surface area (Å²) in [6.45, 7) is 2.85. The molecule has 1 aromatic heterocycles. The Balaban J connectivity index is 1.20. The van der Waals surface area contributed by atoms with Crippen LogP contribution in [0.1, 0.15) is 0 Å². The molecule has 35 heavy (non-hydrogen) atoms. The number of ether oxygens (including phenoxy) is 1. The number of rotatable bonds is 7. The Kier molecular flexibility index (Phi) is 7.47. The Hall–Kier alpha value is -3.70. The average molecular weight is 487 g/mol. The monoisotopic (exact) mass is 487 g/mol. The summed E-state index contributed by atoms with van der Waals surface area (Å²) < 4.78 is 40.5. The van der Waals surface area contributed by atoms with Crippen LogP contribution < -0.4 is 15.4 Å². The van der Waals surface area contributed by atoms with Crippen LogP contribution in [-0.2, 0) is 9.59 Å². The van der Waals surface area contributed by atoms with E-state index in [1.165, 1.54) is 12.1 Å². The molecule has 0 aliphatic carbocycles. The summed E-state index contributed by atoms with van der Waals surface area (Å²) in [5.74, 6) is -0.747. The smallest absolute Gasteiger partial charge is 0.406 e. The highest BCUT2D eigenvalue weighted by atomic mass is 19.4. The molecule has 8 nitrogen and oxygen atoms in total. The molecular weight excluding hydrogens is 463 g/mol. The van der Waals surface area contributed by atoms with Gasteiger partial charge in [-0.2, -0.15) is 0 Å². The van der Waals surface area contributed by atoms with Crippen LogP contribution in [0.4, 0.5) is 24.5 Å². The lowest BCUT2D eigenvalue weighted by Gasteiger charge is -2.33. The number of nitrogens with one attached hydrogen (secondary N) is 2. The summed E-state index contributed by atoms with van der Waals surface area (Å²) in [6.07, 6.45) is -3.06. The normalized spacial score (nSPS) is 15.1. The van der Waals surface area contributed by atoms with E-state index in [-0.39, 0.29) is 30.7 Å². The average Bonchev–Trinajstić information content (AvgIpc) is 2.81. The number of amides is 2. The van der Waals surface area contributed by atoms with Gasteiger partial charge in [0.2, 0.25) is 11.8 Å². The largest absolute Gasteiger partial charge is 0.573 e. The predicted octanol–water partition coefficient (Wildman–Crippen LogP) is 3.33. The second kappa shape index (κ2) is 10.7. The number of anilines is 2. The molecule has 2 N–H and O–H groups in total. The molecule has 2 amide bonds. The summed E-state index contributed by atoms with van der Waals surface area (Å²) in [7, 11) is 0. The molecule has 2 aromatic carbocycles. The molecule has 11 heteroatoms. The first kappa shape index (κ1) is 24.4. The number of fused-ring (bicyclic) bond motifs is 1. The van der Waals surface area contributed by atoms with Crippen molar-refractivity contribution < 1.29 is 27.5 Å². The number of hydrogen-bond donors (Lipinski definition) is 2. The molecular formula is C24H24F3N5O3. The third-order valence-electron chi connectivity index (χ3n) is 5.49. The predicted molar refractivity (Wildman–Crippen MR) is 125 cm³/mol. The molecule has 1 aliphatic rings. The van der Waals surface area contributed by atoms with Crippen molar-refractivity contribution >= 4 is 34.1 Å². The van der Waals surface area contributed by atoms with Crippen molar-refractivity contribution in [1.82, 2.24) is 14.8 Å². The molecule has 0 radical (unpaired) electrons. The summed E-state index contributed by atoms with van der Waals surface area (Å²) in [5, 5.41) is 6.49. The minimum Gasteiger partial charge on any atom is -0.406 e. The van der Waals surface area contributed by atoms with Gasteiger partial charge in [0.05, 0.1) is 24.3 Å². The van der Waals surface area contributed by atoms with Crippen LogP contribution in [0.2, 0.25) is 0 Å². The molecule has 1 saturated heterocycles. The van der Waals surface area contributed by atoms with Gasteiger partial charge in [0, 0.05) is 43.4 Å². The SMILES string of the molecule is O=C(CN1CCN(CC(=O)Nc2cccc3ncccc23)CC1)Nc1ccc(OC(F)(F)F)cc1. The van der Waals surface area contributed by atoms with Gasteiger partial charge in [0.15, 0.2) is 0 Å². The van der Waals surface area contributed by atoms with Crippen LogP contribution >= 0.6 is 0 Å². The van der Waals surface area contributed by atoms with E-state index in [9.17, 15) is 22.8 Å². The lowest BCUT2D eigenvalue weighted by Crippen LogP contribution is -2.50. The number of piperazine rings is 1. The van der Waals surface area contributed by atoms with Crippen molar-refractivity contribution in [2.75, 3.05) is 49.9 Å². The van der Waals surface area contributed by atoms with Crippen LogP contribution in [0.25, 0.3) is 10.9 Å². The maximum absolute atomic E-state index is 12.6. The molecule has 2 heterocycles. The van der Waals surface area contributed by atoms with E-state index in [2.05, 4.69) is 20.4 Å². The zero-order valence-corrected chi connectivity index (χ0v) is 18.7. The number of hydrogen-bond acceptors (Lipinski definition) is 6. The molecule has 0 saturated carbocycles. The van der Waals surface area contributed by atoms with Gasteiger partial charge in [-0.15, -0.1) is 13.2 Å². The number of nitrogens with zero attached hydrogens (tertiary/aromatic N) is 3. The number of pyridine rings is 1. The van der Waals surface area contributed by atoms with Gasteiger partial charge in [-0.1, -0.05) is 6.07 Å². The first-order valence-electron chi connectivity index (χ1n) is 11.0. The second-order valence-electron chi connectivity index (χ2n) is 8.10. The number of carbonyl (C=O) groups excluding carboxylic acids is 2. The Labute approximate surface area is 199 Å². The van der Waals surface area contributed by atoms with E-state index >= 15 is 0 Å². The van der Waals surface area contributed by atoms with Gasteiger partial charge in [0.1, 0.15) is 5.75 Å². The molecule has 3 aromatic rings. The third-order valence-corrected chi connectivity index (χ3v) is 5.49. The van der Waals surface area contributed by atoms with Crippen LogP contribution in [0.5, 0.6) is 5.75 Å². The van der Waals surface area contributed by atoms with Crippen molar-refractivity contribution in [3.8, 4) is 5.75 Å². The zero-order chi connectivity index (χ0) is 24.8. The molecule has 0 unspecified atom stereocenters. The molecule has 4 rings (SSSR count). The van der Waals surface area contributed by atoms with E-state index in [1.807, 2.05) is 40.1 Å². The summed E-state index contributed by atoms with van der Waals surface area (Å²) in [6, 6.07) is 14.3. The fourth-order valence-corrected chi connectivity index (χ4v) is 3.85. The molecule has 1 aliphatic heterocycles. The fraction of sp³-hybridized carbons (Fsp3) is 0.292. The van der Waals surface area contributed by atoms with Crippen LogP contribution in [0.15, 0.2) is 60.8 Å². The second-order valence-corrected chi connectivity index (χ2v) is 8.10. The fourth-order valence-electron chi connectivity index (χ4n) is 3.85. The van der Waals surface area contributed by atoms with Gasteiger partial charge in [-0.05, 0) is 48.5 Å². The number of carbonyl (C=O) groups is 2. The first-order valence-corrected chi connectivity index (χ1v) is 11.0. The maximum Gasteiger partial charge on any atom is 0.573 e. The van der Waals surface area contributed by atoms with E-state index in [0.29, 0.717) is 37.6 Å². The molecule has 0 atom stereocenters. The lowest BCUT2D eigenvalue weighted by molar-refractivity contribution is -0.274. The zero-order valence-electron chi connectivity index (χ0n) is 18.7. The quantitative estimate of drug-likeness (QED) is 0.532. The molecule has 1 fully saturated rings. The van der Waals surface area contributed by atoms with Crippen molar-refractivity contribution in [3.05, 3.63) is 60.8 Å². The highest BCUT2D eigenvalue weighted by molar-refractivity contribution is 6.01. The highest BCUT2D eigenvalue weighted by Crippen LogP contribution is 2.24. The van der Waals surface area contributed by atoms with E-state index in [0.717, 1.165) is 23.0 Å². The van der Waals surface area contributed by atoms with Gasteiger partial charge >= 0.3 is 6.36 Å². The highest BCUT2D eigenvalue weighted by Gasteiger charge is 2.31. The van der Waals surface area contributed by atoms with Gasteiger partial charge in [-0.3, -0.25) is 24.4 Å². The van der Waals surface area contributed by atoms with E-state index in [4.69, 9.17) is 0 Å². The third kappa shape index (κ3) is 7.14. The topological polar surface area (TPSA) is 86.8 Å². The first-order chi connectivity index (χ1) is 16.7. The van der Waals surface area contributed by atoms with Crippen molar-refractivity contribution in [3.63, 3.8) is 0 Å². The summed E-state index contributed by atoms with van der Waals surface area (Å²) in [4.78, 5) is 33.2. The minimum absolute atomic E-state index is 0.120. The molecule has 0 bridgehead atoms. The van der Waals surface area contributed by atoms with E-state index in [1.54, 1.807) is 6.20 Å². The van der Waals surface area contributed by atoms with Gasteiger partial charge < -0.3 is 15.4 Å². The Morgan fingerprint density at radius 1 is 0.857 bits per heavy atom. The number of benzene rings is 2. The van der Waals surface area contributed by atoms with Crippen LogP contribution in [0.3, 0.4) is 0 Å². The Morgan fingerprint density at radius 2 is 1.49 bits per heavy atom.